The van der Waals surface area contributed by atoms with Gasteiger partial charge >= 0.3 is 0 Å². The van der Waals surface area contributed by atoms with Crippen molar-refractivity contribution in [1.29, 1.82) is 0 Å². The molecule has 0 N–H and O–H groups in total. The van der Waals surface area contributed by atoms with E-state index in [-0.39, 0.29) is 0 Å². The molecular formula is C13H24. The van der Waals surface area contributed by atoms with Gasteiger partial charge in [0.05, 0.1) is 0 Å². The highest BCUT2D eigenvalue weighted by molar-refractivity contribution is 4.92. The van der Waals surface area contributed by atoms with Gasteiger partial charge in [0, 0.05) is 0 Å². The minimum absolute atomic E-state index is 0.726. The summed E-state index contributed by atoms with van der Waals surface area (Å²) in [5.74, 6) is 3.06. The highest BCUT2D eigenvalue weighted by Crippen LogP contribution is 2.52. The number of rotatable bonds is 0. The number of hydrogen-bond donors (Lipinski definition) is 0. The maximum absolute atomic E-state index is 2.55. The molecule has 0 radical (unpaired) electrons. The molecule has 76 valence electrons. The van der Waals surface area contributed by atoms with Crippen molar-refractivity contribution in [3.63, 3.8) is 0 Å². The molecule has 0 spiro atoms. The van der Waals surface area contributed by atoms with Crippen LogP contribution in [0.1, 0.15) is 59.3 Å². The first-order valence-electron chi connectivity index (χ1n) is 6.10. The number of fused-ring (bicyclic) bond motifs is 1. The third-order valence-electron chi connectivity index (χ3n) is 4.70. The van der Waals surface area contributed by atoms with Crippen molar-refractivity contribution in [3.8, 4) is 0 Å². The molecule has 0 amide bonds. The molecule has 4 atom stereocenters. The Morgan fingerprint density at radius 1 is 1.00 bits per heavy atom. The first kappa shape index (κ1) is 9.55. The molecule has 0 nitrogen and oxygen atoms in total. The molecular weight excluding hydrogens is 156 g/mol. The Kier molecular flexibility index (Phi) is 2.42. The normalized spacial score (nSPS) is 51.5. The molecule has 0 aromatic heterocycles. The molecule has 2 rings (SSSR count). The van der Waals surface area contributed by atoms with E-state index in [0.29, 0.717) is 0 Å². The second-order valence-electron chi connectivity index (χ2n) is 6.12. The Labute approximate surface area is 83.1 Å². The van der Waals surface area contributed by atoms with Gasteiger partial charge in [-0.05, 0) is 48.9 Å². The average Bonchev–Trinajstić information content (AvgIpc) is 2.06. The zero-order chi connectivity index (χ0) is 9.47. The molecule has 2 saturated carbocycles. The van der Waals surface area contributed by atoms with Crippen LogP contribution in [-0.4, -0.2) is 0 Å². The van der Waals surface area contributed by atoms with E-state index in [0.717, 1.165) is 23.2 Å². The second kappa shape index (κ2) is 3.29. The lowest BCUT2D eigenvalue weighted by atomic mass is 9.57. The van der Waals surface area contributed by atoms with Gasteiger partial charge in [-0.25, -0.2) is 0 Å². The van der Waals surface area contributed by atoms with Crippen molar-refractivity contribution in [1.82, 2.24) is 0 Å². The highest BCUT2D eigenvalue weighted by Gasteiger charge is 2.41. The molecule has 4 unspecified atom stereocenters. The lowest BCUT2D eigenvalue weighted by Gasteiger charge is -2.49. The molecule has 2 aliphatic carbocycles. The summed E-state index contributed by atoms with van der Waals surface area (Å²) < 4.78 is 0. The summed E-state index contributed by atoms with van der Waals surface area (Å²) >= 11 is 0. The summed E-state index contributed by atoms with van der Waals surface area (Å²) in [6.07, 6.45) is 9.02. The van der Waals surface area contributed by atoms with E-state index in [4.69, 9.17) is 0 Å². The molecule has 0 aliphatic heterocycles. The summed E-state index contributed by atoms with van der Waals surface area (Å²) in [7, 11) is 0. The van der Waals surface area contributed by atoms with E-state index in [1.807, 2.05) is 0 Å². The minimum Gasteiger partial charge on any atom is -0.0625 e. The molecule has 0 bridgehead atoms. The first-order valence-corrected chi connectivity index (χ1v) is 6.10. The van der Waals surface area contributed by atoms with Crippen LogP contribution in [0.4, 0.5) is 0 Å². The smallest absolute Gasteiger partial charge is 0.0295 e. The number of hydrogen-bond acceptors (Lipinski definition) is 0. The predicted molar refractivity (Wildman–Crippen MR) is 57.6 cm³/mol. The summed E-state index contributed by atoms with van der Waals surface area (Å²) in [6, 6.07) is 0. The third kappa shape index (κ3) is 1.78. The van der Waals surface area contributed by atoms with Crippen LogP contribution < -0.4 is 0 Å². The van der Waals surface area contributed by atoms with Crippen molar-refractivity contribution < 1.29 is 0 Å². The topological polar surface area (TPSA) is 0 Å². The molecule has 0 aromatic rings. The van der Waals surface area contributed by atoms with Crippen molar-refractivity contribution in [3.05, 3.63) is 0 Å². The zero-order valence-corrected chi connectivity index (χ0v) is 9.47. The molecule has 0 saturated heterocycles. The summed E-state index contributed by atoms with van der Waals surface area (Å²) in [4.78, 5) is 0. The highest BCUT2D eigenvalue weighted by atomic mass is 14.5. The van der Waals surface area contributed by atoms with Crippen LogP contribution in [0.5, 0.6) is 0 Å². The lowest BCUT2D eigenvalue weighted by Crippen LogP contribution is -2.38. The maximum Gasteiger partial charge on any atom is -0.0295 e. The van der Waals surface area contributed by atoms with Crippen molar-refractivity contribution in [2.45, 2.75) is 59.3 Å². The SMILES string of the molecule is CC1CCC2(C)CC(C)CCC2C1. The van der Waals surface area contributed by atoms with E-state index in [1.165, 1.54) is 38.5 Å². The summed E-state index contributed by atoms with van der Waals surface area (Å²) in [5.41, 5.74) is 0.726. The van der Waals surface area contributed by atoms with E-state index in [2.05, 4.69) is 20.8 Å². The van der Waals surface area contributed by atoms with Crippen LogP contribution in [0.2, 0.25) is 0 Å². The fourth-order valence-electron chi connectivity index (χ4n) is 3.79. The fourth-order valence-corrected chi connectivity index (χ4v) is 3.79. The monoisotopic (exact) mass is 180 g/mol. The molecule has 0 heterocycles. The van der Waals surface area contributed by atoms with Gasteiger partial charge in [0.2, 0.25) is 0 Å². The van der Waals surface area contributed by atoms with Gasteiger partial charge < -0.3 is 0 Å². The van der Waals surface area contributed by atoms with E-state index < -0.39 is 0 Å². The van der Waals surface area contributed by atoms with Crippen LogP contribution in [0.15, 0.2) is 0 Å². The van der Waals surface area contributed by atoms with Gasteiger partial charge in [-0.1, -0.05) is 33.6 Å². The van der Waals surface area contributed by atoms with Crippen LogP contribution in [0.3, 0.4) is 0 Å². The largest absolute Gasteiger partial charge is 0.0625 e. The van der Waals surface area contributed by atoms with Gasteiger partial charge in [-0.15, -0.1) is 0 Å². The van der Waals surface area contributed by atoms with Crippen molar-refractivity contribution in [2.24, 2.45) is 23.2 Å². The molecule has 0 heteroatoms. The Hall–Kier alpha value is 0. The predicted octanol–water partition coefficient (Wildman–Crippen LogP) is 4.25. The molecule has 0 aromatic carbocycles. The van der Waals surface area contributed by atoms with Crippen LogP contribution >= 0.6 is 0 Å². The minimum atomic E-state index is 0.726. The van der Waals surface area contributed by atoms with Crippen molar-refractivity contribution in [2.75, 3.05) is 0 Å². The summed E-state index contributed by atoms with van der Waals surface area (Å²) in [6.45, 7) is 7.44. The standard InChI is InChI=1S/C13H24/c1-10-6-7-13(3)9-11(2)4-5-12(13)8-10/h10-12H,4-9H2,1-3H3. The van der Waals surface area contributed by atoms with Crippen molar-refractivity contribution >= 4 is 0 Å². The van der Waals surface area contributed by atoms with Gasteiger partial charge in [0.25, 0.3) is 0 Å². The van der Waals surface area contributed by atoms with Gasteiger partial charge in [-0.3, -0.25) is 0 Å². The van der Waals surface area contributed by atoms with Crippen LogP contribution in [0.25, 0.3) is 0 Å². The third-order valence-corrected chi connectivity index (χ3v) is 4.70. The van der Waals surface area contributed by atoms with Crippen LogP contribution in [0, 0.1) is 23.2 Å². The Morgan fingerprint density at radius 3 is 2.54 bits per heavy atom. The summed E-state index contributed by atoms with van der Waals surface area (Å²) in [5, 5.41) is 0. The van der Waals surface area contributed by atoms with E-state index in [1.54, 1.807) is 0 Å². The molecule has 2 aliphatic rings. The maximum atomic E-state index is 2.55. The second-order valence-corrected chi connectivity index (χ2v) is 6.12. The quantitative estimate of drug-likeness (QED) is 0.523. The van der Waals surface area contributed by atoms with Gasteiger partial charge in [-0.2, -0.15) is 0 Å². The Bertz CT molecular complexity index is 184. The van der Waals surface area contributed by atoms with E-state index in [9.17, 15) is 0 Å². The van der Waals surface area contributed by atoms with Crippen LogP contribution in [-0.2, 0) is 0 Å². The molecule has 13 heavy (non-hydrogen) atoms. The Morgan fingerprint density at radius 2 is 1.77 bits per heavy atom. The van der Waals surface area contributed by atoms with Gasteiger partial charge in [0.1, 0.15) is 0 Å². The Balaban J connectivity index is 2.07. The lowest BCUT2D eigenvalue weighted by molar-refractivity contribution is 0.0193. The van der Waals surface area contributed by atoms with E-state index >= 15 is 0 Å². The molecule has 2 fully saturated rings. The zero-order valence-electron chi connectivity index (χ0n) is 9.47. The van der Waals surface area contributed by atoms with Gasteiger partial charge in [0.15, 0.2) is 0 Å². The first-order chi connectivity index (χ1) is 6.10. The average molecular weight is 180 g/mol. The fraction of sp³-hybridized carbons (Fsp3) is 1.00.